The molecule has 0 aliphatic carbocycles. The molecule has 7 heteroatoms. The minimum absolute atomic E-state index is 0.0114. The number of benzene rings is 2. The molecular weight excluding hydrogens is 410 g/mol. The van der Waals surface area contributed by atoms with Gasteiger partial charge in [0, 0.05) is 11.1 Å². The lowest BCUT2D eigenvalue weighted by Gasteiger charge is -2.29. The summed E-state index contributed by atoms with van der Waals surface area (Å²) in [6.07, 6.45) is 0. The molecule has 7 nitrogen and oxygen atoms in total. The third kappa shape index (κ3) is 4.23. The third-order valence-electron chi connectivity index (χ3n) is 5.18. The molecule has 1 N–H and O–H groups in total. The van der Waals surface area contributed by atoms with E-state index in [1.54, 1.807) is 70.2 Å². The monoisotopic (exact) mass is 437 g/mol. The molecule has 1 amide bonds. The van der Waals surface area contributed by atoms with Crippen molar-refractivity contribution in [1.29, 1.82) is 0 Å². The quantitative estimate of drug-likeness (QED) is 0.674. The van der Waals surface area contributed by atoms with E-state index in [-0.39, 0.29) is 23.5 Å². The van der Waals surface area contributed by atoms with Crippen LogP contribution in [0.1, 0.15) is 49.7 Å². The summed E-state index contributed by atoms with van der Waals surface area (Å²) in [5.41, 5.74) is 0.394. The number of amides is 1. The Morgan fingerprint density at radius 3 is 2.41 bits per heavy atom. The van der Waals surface area contributed by atoms with Crippen molar-refractivity contribution >= 4 is 23.3 Å². The maximum absolute atomic E-state index is 13.3. The van der Waals surface area contributed by atoms with Crippen LogP contribution in [0.15, 0.2) is 59.9 Å². The highest BCUT2D eigenvalue weighted by molar-refractivity contribution is 6.17. The van der Waals surface area contributed by atoms with Gasteiger partial charge in [-0.1, -0.05) is 39.0 Å². The van der Waals surface area contributed by atoms with Gasteiger partial charge < -0.3 is 14.6 Å². The van der Waals surface area contributed by atoms with E-state index < -0.39 is 29.1 Å². The molecule has 0 spiro atoms. The first-order valence-electron chi connectivity index (χ1n) is 10.3. The summed E-state index contributed by atoms with van der Waals surface area (Å²) in [6, 6.07) is 12.5. The van der Waals surface area contributed by atoms with Gasteiger partial charge in [-0.15, -0.1) is 0 Å². The van der Waals surface area contributed by atoms with E-state index in [9.17, 15) is 19.5 Å². The molecule has 0 radical (unpaired) electrons. The molecule has 2 aromatic rings. The Hall–Kier alpha value is -3.61. The fourth-order valence-corrected chi connectivity index (χ4v) is 3.63. The number of methoxy groups -OCH3 is 1. The number of ether oxygens (including phenoxy) is 2. The highest BCUT2D eigenvalue weighted by atomic mass is 16.5. The highest BCUT2D eigenvalue weighted by Gasteiger charge is 2.46. The Labute approximate surface area is 187 Å². The number of anilines is 1. The van der Waals surface area contributed by atoms with E-state index >= 15 is 0 Å². The van der Waals surface area contributed by atoms with Crippen molar-refractivity contribution in [2.75, 3.05) is 18.6 Å². The highest BCUT2D eigenvalue weighted by Crippen LogP contribution is 2.44. The molecule has 3 rings (SSSR count). The standard InChI is InChI=1S/C25H27NO6/c1-6-32-24(30)16-10-7-11-17(13-16)26-20(15-9-8-12-18(14-15)31-5)19(21(27)23(26)29)22(28)25(2,3)4/h7-14,20,27H,6H2,1-5H3. The summed E-state index contributed by atoms with van der Waals surface area (Å²) in [5.74, 6) is -1.64. The molecule has 0 fully saturated rings. The topological polar surface area (TPSA) is 93.1 Å². The molecule has 1 aliphatic rings. The second-order valence-electron chi connectivity index (χ2n) is 8.47. The number of carbonyl (C=O) groups is 3. The van der Waals surface area contributed by atoms with E-state index in [2.05, 4.69) is 0 Å². The minimum Gasteiger partial charge on any atom is -0.503 e. The molecule has 1 unspecified atom stereocenters. The number of rotatable bonds is 6. The molecular formula is C25H27NO6. The van der Waals surface area contributed by atoms with Gasteiger partial charge in [-0.2, -0.15) is 0 Å². The maximum atomic E-state index is 13.3. The van der Waals surface area contributed by atoms with Crippen molar-refractivity contribution in [2.45, 2.75) is 33.7 Å². The number of hydrogen-bond acceptors (Lipinski definition) is 6. The molecule has 1 aliphatic heterocycles. The normalized spacial score (nSPS) is 16.3. The predicted octanol–water partition coefficient (Wildman–Crippen LogP) is 4.39. The van der Waals surface area contributed by atoms with Crippen molar-refractivity contribution in [3.63, 3.8) is 0 Å². The molecule has 168 valence electrons. The lowest BCUT2D eigenvalue weighted by molar-refractivity contribution is -0.123. The van der Waals surface area contributed by atoms with Crippen molar-refractivity contribution in [3.8, 4) is 5.75 Å². The predicted molar refractivity (Wildman–Crippen MR) is 120 cm³/mol. The lowest BCUT2D eigenvalue weighted by Crippen LogP contribution is -2.33. The average Bonchev–Trinajstić information content (AvgIpc) is 3.03. The number of nitrogens with zero attached hydrogens (tertiary/aromatic N) is 1. The Bertz CT molecular complexity index is 1100. The van der Waals surface area contributed by atoms with E-state index in [1.165, 1.54) is 18.1 Å². The Morgan fingerprint density at radius 2 is 1.78 bits per heavy atom. The van der Waals surface area contributed by atoms with Crippen LogP contribution in [0.2, 0.25) is 0 Å². The first kappa shape index (κ1) is 23.1. The molecule has 0 saturated carbocycles. The van der Waals surface area contributed by atoms with Crippen molar-refractivity contribution in [3.05, 3.63) is 71.0 Å². The number of Topliss-reactive ketones (excluding diaryl/α,β-unsaturated/α-hetero) is 1. The van der Waals surface area contributed by atoms with Gasteiger partial charge >= 0.3 is 5.97 Å². The van der Waals surface area contributed by atoms with Crippen LogP contribution < -0.4 is 9.64 Å². The molecule has 0 saturated heterocycles. The van der Waals surface area contributed by atoms with Crippen LogP contribution in [0.25, 0.3) is 0 Å². The van der Waals surface area contributed by atoms with Crippen molar-refractivity contribution in [1.82, 2.24) is 0 Å². The summed E-state index contributed by atoms with van der Waals surface area (Å²) < 4.78 is 10.4. The second-order valence-corrected chi connectivity index (χ2v) is 8.47. The van der Waals surface area contributed by atoms with Crippen LogP contribution in [0, 0.1) is 5.41 Å². The van der Waals surface area contributed by atoms with Gasteiger partial charge in [0.1, 0.15) is 5.75 Å². The fraction of sp³-hybridized carbons (Fsp3) is 0.320. The molecule has 0 aromatic heterocycles. The van der Waals surface area contributed by atoms with Gasteiger partial charge in [0.2, 0.25) is 0 Å². The second kappa shape index (κ2) is 8.86. The summed E-state index contributed by atoms with van der Waals surface area (Å²) in [7, 11) is 1.52. The summed E-state index contributed by atoms with van der Waals surface area (Å²) >= 11 is 0. The smallest absolute Gasteiger partial charge is 0.338 e. The van der Waals surface area contributed by atoms with Gasteiger partial charge in [-0.05, 0) is 42.8 Å². The van der Waals surface area contributed by atoms with Crippen LogP contribution in [0.4, 0.5) is 5.69 Å². The fourth-order valence-electron chi connectivity index (χ4n) is 3.63. The van der Waals surface area contributed by atoms with E-state index in [0.717, 1.165) is 0 Å². The zero-order chi connectivity index (χ0) is 23.6. The Kier molecular flexibility index (Phi) is 6.39. The van der Waals surface area contributed by atoms with Crippen LogP contribution >= 0.6 is 0 Å². The summed E-state index contributed by atoms with van der Waals surface area (Å²) in [6.45, 7) is 7.11. The first-order chi connectivity index (χ1) is 15.1. The van der Waals surface area contributed by atoms with Crippen molar-refractivity contribution < 1.29 is 29.0 Å². The SMILES string of the molecule is CCOC(=O)c1cccc(N2C(=O)C(O)=C(C(=O)C(C)(C)C)C2c2cccc(OC)c2)c1. The summed E-state index contributed by atoms with van der Waals surface area (Å²) in [5, 5.41) is 10.8. The van der Waals surface area contributed by atoms with Crippen LogP contribution in [0.5, 0.6) is 5.75 Å². The third-order valence-corrected chi connectivity index (χ3v) is 5.18. The largest absolute Gasteiger partial charge is 0.503 e. The van der Waals surface area contributed by atoms with Crippen LogP contribution in [0.3, 0.4) is 0 Å². The van der Waals surface area contributed by atoms with E-state index in [4.69, 9.17) is 9.47 Å². The lowest BCUT2D eigenvalue weighted by atomic mass is 9.82. The minimum atomic E-state index is -0.887. The van der Waals surface area contributed by atoms with Crippen LogP contribution in [-0.2, 0) is 14.3 Å². The van der Waals surface area contributed by atoms with E-state index in [0.29, 0.717) is 17.0 Å². The number of hydrogen-bond donors (Lipinski definition) is 1. The Morgan fingerprint density at radius 1 is 1.09 bits per heavy atom. The first-order valence-corrected chi connectivity index (χ1v) is 10.3. The molecule has 2 aromatic carbocycles. The number of ketones is 1. The van der Waals surface area contributed by atoms with Gasteiger partial charge in [0.15, 0.2) is 11.5 Å². The van der Waals surface area contributed by atoms with Gasteiger partial charge in [-0.3, -0.25) is 14.5 Å². The zero-order valence-electron chi connectivity index (χ0n) is 18.8. The summed E-state index contributed by atoms with van der Waals surface area (Å²) in [4.78, 5) is 40.1. The molecule has 32 heavy (non-hydrogen) atoms. The van der Waals surface area contributed by atoms with Crippen molar-refractivity contribution in [2.24, 2.45) is 5.41 Å². The van der Waals surface area contributed by atoms with E-state index in [1.807, 2.05) is 0 Å². The van der Waals surface area contributed by atoms with Gasteiger partial charge in [0.05, 0.1) is 30.9 Å². The van der Waals surface area contributed by atoms with Gasteiger partial charge in [-0.25, -0.2) is 4.79 Å². The molecule has 0 bridgehead atoms. The molecule has 1 heterocycles. The number of aliphatic hydroxyl groups excluding tert-OH is 1. The zero-order valence-corrected chi connectivity index (χ0v) is 18.8. The number of esters is 1. The number of aliphatic hydroxyl groups is 1. The van der Waals surface area contributed by atoms with Gasteiger partial charge in [0.25, 0.3) is 5.91 Å². The number of carbonyl (C=O) groups excluding carboxylic acids is 3. The average molecular weight is 437 g/mol. The van der Waals surface area contributed by atoms with Crippen LogP contribution in [-0.4, -0.2) is 36.5 Å². The molecule has 1 atom stereocenters. The Balaban J connectivity index is 2.19. The maximum Gasteiger partial charge on any atom is 0.338 e.